The van der Waals surface area contributed by atoms with Gasteiger partial charge in [0.25, 0.3) is 0 Å². The molecular formula is C15H16BrClF2O5. The second kappa shape index (κ2) is 8.62. The van der Waals surface area contributed by atoms with E-state index in [-0.39, 0.29) is 36.2 Å². The number of hydrogen-bond donors (Lipinski definition) is 1. The number of carbonyl (C=O) groups is 2. The smallest absolute Gasteiger partial charge is 0.387 e. The molecule has 0 bridgehead atoms. The number of carboxylic acids is 1. The third-order valence-corrected chi connectivity index (χ3v) is 3.82. The number of fused-ring (bicyclic) bond motifs is 1. The highest BCUT2D eigenvalue weighted by Gasteiger charge is 2.36. The lowest BCUT2D eigenvalue weighted by atomic mass is 9.83. The first-order chi connectivity index (χ1) is 11.1. The number of ether oxygens (including phenoxy) is 2. The maximum Gasteiger partial charge on any atom is 0.387 e. The maximum absolute atomic E-state index is 12.2. The average molecular weight is 430 g/mol. The van der Waals surface area contributed by atoms with Gasteiger partial charge in [0.05, 0.1) is 21.9 Å². The number of carboxylic acid groups (broad SMARTS) is 1. The minimum absolute atomic E-state index is 0.0451. The number of Topliss-reactive ketones (excluding diaryl/α,β-unsaturated/α-hetero) is 1. The molecule has 24 heavy (non-hydrogen) atoms. The molecule has 0 radical (unpaired) electrons. The fourth-order valence-corrected chi connectivity index (χ4v) is 2.39. The van der Waals surface area contributed by atoms with Crippen molar-refractivity contribution in [3.05, 3.63) is 22.2 Å². The van der Waals surface area contributed by atoms with Crippen LogP contribution in [-0.4, -0.2) is 36.0 Å². The third-order valence-electron chi connectivity index (χ3n) is 3.01. The van der Waals surface area contributed by atoms with E-state index in [4.69, 9.17) is 21.4 Å². The van der Waals surface area contributed by atoms with E-state index >= 15 is 0 Å². The number of alkyl halides is 3. The first kappa shape index (κ1) is 20.6. The van der Waals surface area contributed by atoms with E-state index in [0.29, 0.717) is 10.0 Å². The molecule has 0 spiro atoms. The number of aliphatic carboxylic acids is 1. The van der Waals surface area contributed by atoms with Crippen molar-refractivity contribution in [3.8, 4) is 11.5 Å². The van der Waals surface area contributed by atoms with Crippen LogP contribution in [0.1, 0.15) is 30.6 Å². The highest BCUT2D eigenvalue weighted by Crippen LogP contribution is 2.40. The molecule has 1 N–H and O–H groups in total. The molecule has 0 fully saturated rings. The molecule has 1 aromatic carbocycles. The Morgan fingerprint density at radius 2 is 2.12 bits per heavy atom. The molecule has 1 aromatic rings. The van der Waals surface area contributed by atoms with Gasteiger partial charge in [-0.25, -0.2) is 0 Å². The number of hydrogen-bond acceptors (Lipinski definition) is 4. The van der Waals surface area contributed by atoms with E-state index in [0.717, 1.165) is 0 Å². The largest absolute Gasteiger partial charge is 0.492 e. The average Bonchev–Trinajstić information content (AvgIpc) is 2.45. The van der Waals surface area contributed by atoms with Crippen LogP contribution < -0.4 is 9.47 Å². The Bertz CT molecular complexity index is 622. The summed E-state index contributed by atoms with van der Waals surface area (Å²) < 4.78 is 34.4. The Labute approximate surface area is 151 Å². The summed E-state index contributed by atoms with van der Waals surface area (Å²) in [5, 5.41) is 7.83. The molecule has 0 saturated carbocycles. The number of halogens is 4. The van der Waals surface area contributed by atoms with Gasteiger partial charge in [0.1, 0.15) is 18.1 Å². The van der Waals surface area contributed by atoms with Crippen LogP contribution in [0.5, 0.6) is 11.5 Å². The zero-order valence-electron chi connectivity index (χ0n) is 12.9. The van der Waals surface area contributed by atoms with Gasteiger partial charge in [0, 0.05) is 11.9 Å². The zero-order chi connectivity index (χ0) is 18.5. The van der Waals surface area contributed by atoms with Gasteiger partial charge in [-0.05, 0) is 35.8 Å². The summed E-state index contributed by atoms with van der Waals surface area (Å²) in [4.78, 5) is 21.6. The molecule has 0 amide bonds. The van der Waals surface area contributed by atoms with Gasteiger partial charge in [-0.3, -0.25) is 9.59 Å². The Kier molecular flexibility index (Phi) is 7.41. The van der Waals surface area contributed by atoms with Gasteiger partial charge >= 0.3 is 12.6 Å². The van der Waals surface area contributed by atoms with Crippen LogP contribution in [0.25, 0.3) is 0 Å². The maximum atomic E-state index is 12.2. The Morgan fingerprint density at radius 3 is 2.58 bits per heavy atom. The van der Waals surface area contributed by atoms with E-state index in [1.54, 1.807) is 13.8 Å². The Hall–Kier alpha value is -1.41. The SMILES string of the molecule is CC1(C)COc2cc(OC(F)F)c(Br)cc2C1=O.O=C(O)CCCl. The van der Waals surface area contributed by atoms with E-state index in [1.165, 1.54) is 12.1 Å². The van der Waals surface area contributed by atoms with Gasteiger partial charge in [-0.1, -0.05) is 0 Å². The Balaban J connectivity index is 0.000000413. The molecule has 1 aliphatic rings. The van der Waals surface area contributed by atoms with Gasteiger partial charge in [0.2, 0.25) is 0 Å². The molecule has 1 heterocycles. The van der Waals surface area contributed by atoms with Crippen molar-refractivity contribution in [2.75, 3.05) is 12.5 Å². The molecule has 0 atom stereocenters. The van der Waals surface area contributed by atoms with Crippen LogP contribution in [0.2, 0.25) is 0 Å². The highest BCUT2D eigenvalue weighted by molar-refractivity contribution is 9.10. The zero-order valence-corrected chi connectivity index (χ0v) is 15.3. The molecule has 0 aliphatic carbocycles. The summed E-state index contributed by atoms with van der Waals surface area (Å²) >= 11 is 8.12. The minimum Gasteiger partial charge on any atom is -0.492 e. The van der Waals surface area contributed by atoms with Crippen LogP contribution >= 0.6 is 27.5 Å². The van der Waals surface area contributed by atoms with E-state index in [2.05, 4.69) is 20.7 Å². The lowest BCUT2D eigenvalue weighted by Gasteiger charge is -2.30. The number of benzene rings is 1. The van der Waals surface area contributed by atoms with E-state index in [9.17, 15) is 18.4 Å². The first-order valence-electron chi connectivity index (χ1n) is 6.82. The fraction of sp³-hybridized carbons (Fsp3) is 0.467. The standard InChI is InChI=1S/C12H11BrF2O3.C3H5ClO2/c1-12(2)5-17-8-4-9(18-11(14)15)7(13)3-6(8)10(12)16;4-2-1-3(5)6/h3-4,11H,5H2,1-2H3;1-2H2,(H,5,6). The lowest BCUT2D eigenvalue weighted by molar-refractivity contribution is -0.136. The predicted molar refractivity (Wildman–Crippen MR) is 87.4 cm³/mol. The highest BCUT2D eigenvalue weighted by atomic mass is 79.9. The quantitative estimate of drug-likeness (QED) is 0.720. The van der Waals surface area contributed by atoms with Crippen LogP contribution in [0.4, 0.5) is 8.78 Å². The van der Waals surface area contributed by atoms with Crippen LogP contribution in [0.3, 0.4) is 0 Å². The first-order valence-corrected chi connectivity index (χ1v) is 8.15. The molecule has 9 heteroatoms. The van der Waals surface area contributed by atoms with Crippen molar-refractivity contribution in [2.24, 2.45) is 5.41 Å². The van der Waals surface area contributed by atoms with Crippen LogP contribution in [0, 0.1) is 5.41 Å². The molecule has 5 nitrogen and oxygen atoms in total. The summed E-state index contributed by atoms with van der Waals surface area (Å²) in [7, 11) is 0. The van der Waals surface area contributed by atoms with Gasteiger partial charge in [-0.15, -0.1) is 11.6 Å². The van der Waals surface area contributed by atoms with Crippen molar-refractivity contribution in [1.82, 2.24) is 0 Å². The summed E-state index contributed by atoms with van der Waals surface area (Å²) in [5.41, 5.74) is -0.239. The molecule has 134 valence electrons. The normalized spacial score (nSPS) is 15.0. The summed E-state index contributed by atoms with van der Waals surface area (Å²) in [6, 6.07) is 2.76. The molecule has 0 unspecified atom stereocenters. The third kappa shape index (κ3) is 5.59. The number of ketones is 1. The van der Waals surface area contributed by atoms with E-state index < -0.39 is 18.0 Å². The summed E-state index contributed by atoms with van der Waals surface area (Å²) in [6.45, 7) is 0.843. The fourth-order valence-electron chi connectivity index (χ4n) is 1.79. The lowest BCUT2D eigenvalue weighted by Crippen LogP contribution is -2.35. The molecule has 0 saturated heterocycles. The van der Waals surface area contributed by atoms with Crippen molar-refractivity contribution in [2.45, 2.75) is 26.9 Å². The summed E-state index contributed by atoms with van der Waals surface area (Å²) in [5.74, 6) is -0.484. The molecule has 1 aliphatic heterocycles. The number of carbonyl (C=O) groups excluding carboxylic acids is 1. The minimum atomic E-state index is -2.92. The van der Waals surface area contributed by atoms with Crippen LogP contribution in [0.15, 0.2) is 16.6 Å². The van der Waals surface area contributed by atoms with Crippen molar-refractivity contribution < 1.29 is 33.0 Å². The monoisotopic (exact) mass is 428 g/mol. The van der Waals surface area contributed by atoms with Crippen molar-refractivity contribution >= 4 is 39.3 Å². The number of rotatable bonds is 4. The van der Waals surface area contributed by atoms with Crippen molar-refractivity contribution in [1.29, 1.82) is 0 Å². The summed E-state index contributed by atoms with van der Waals surface area (Å²) in [6.07, 6.45) is 0.0571. The topological polar surface area (TPSA) is 72.8 Å². The molecule has 0 aromatic heterocycles. The van der Waals surface area contributed by atoms with Gasteiger partial charge in [-0.2, -0.15) is 8.78 Å². The van der Waals surface area contributed by atoms with Crippen molar-refractivity contribution in [3.63, 3.8) is 0 Å². The Morgan fingerprint density at radius 1 is 1.50 bits per heavy atom. The predicted octanol–water partition coefficient (Wildman–Crippen LogP) is 4.35. The molecule has 2 rings (SSSR count). The second-order valence-electron chi connectivity index (χ2n) is 5.49. The van der Waals surface area contributed by atoms with Gasteiger partial charge in [0.15, 0.2) is 5.78 Å². The van der Waals surface area contributed by atoms with E-state index in [1.807, 2.05) is 0 Å². The second-order valence-corrected chi connectivity index (χ2v) is 6.72. The van der Waals surface area contributed by atoms with Crippen LogP contribution in [-0.2, 0) is 4.79 Å². The molecular weight excluding hydrogens is 414 g/mol. The van der Waals surface area contributed by atoms with Gasteiger partial charge < -0.3 is 14.6 Å².